The quantitative estimate of drug-likeness (QED) is 0.295. The molecule has 7 nitrogen and oxygen atoms in total. The van der Waals surface area contributed by atoms with Crippen LogP contribution in [-0.4, -0.2) is 68.1 Å². The largest absolute Gasteiger partial charge is 0.479 e. The first-order valence-corrected chi connectivity index (χ1v) is 3.85. The van der Waals surface area contributed by atoms with E-state index in [1.807, 2.05) is 0 Å². The SMILES string of the molecule is CC(O)C(=O)O.OCC(O)C(O)CO. The third-order valence-corrected chi connectivity index (χ3v) is 1.18. The molecule has 0 aromatic rings. The Hall–Kier alpha value is -0.730. The minimum atomic E-state index is -1.23. The number of rotatable bonds is 4. The lowest BCUT2D eigenvalue weighted by Gasteiger charge is -2.10. The molecular weight excluding hydrogens is 196 g/mol. The van der Waals surface area contributed by atoms with Gasteiger partial charge in [0.25, 0.3) is 0 Å². The Morgan fingerprint density at radius 1 is 1.07 bits per heavy atom. The summed E-state index contributed by atoms with van der Waals surface area (Å²) in [5.41, 5.74) is 0. The second-order valence-electron chi connectivity index (χ2n) is 2.51. The summed E-state index contributed by atoms with van der Waals surface area (Å²) in [7, 11) is 0. The average molecular weight is 212 g/mol. The summed E-state index contributed by atoms with van der Waals surface area (Å²) in [6, 6.07) is 0. The molecule has 0 aliphatic heterocycles. The molecule has 7 heteroatoms. The van der Waals surface area contributed by atoms with Gasteiger partial charge in [-0.15, -0.1) is 0 Å². The van der Waals surface area contributed by atoms with Crippen LogP contribution in [0.2, 0.25) is 0 Å². The molecule has 14 heavy (non-hydrogen) atoms. The highest BCUT2D eigenvalue weighted by molar-refractivity contribution is 5.71. The lowest BCUT2D eigenvalue weighted by atomic mass is 10.2. The van der Waals surface area contributed by atoms with Gasteiger partial charge in [-0.05, 0) is 6.92 Å². The summed E-state index contributed by atoms with van der Waals surface area (Å²) in [5.74, 6) is -1.19. The zero-order chi connectivity index (χ0) is 11.7. The van der Waals surface area contributed by atoms with Gasteiger partial charge < -0.3 is 30.6 Å². The van der Waals surface area contributed by atoms with E-state index < -0.39 is 37.5 Å². The molecule has 6 N–H and O–H groups in total. The van der Waals surface area contributed by atoms with Crippen LogP contribution < -0.4 is 0 Å². The summed E-state index contributed by atoms with van der Waals surface area (Å²) < 4.78 is 0. The van der Waals surface area contributed by atoms with Crippen molar-refractivity contribution in [3.63, 3.8) is 0 Å². The van der Waals surface area contributed by atoms with E-state index in [1.54, 1.807) is 0 Å². The third kappa shape index (κ3) is 9.36. The van der Waals surface area contributed by atoms with E-state index in [0.29, 0.717) is 0 Å². The molecule has 0 heterocycles. The molecule has 0 saturated carbocycles. The van der Waals surface area contributed by atoms with Crippen molar-refractivity contribution in [1.29, 1.82) is 0 Å². The Bertz CT molecular complexity index is 139. The maximum atomic E-state index is 9.45. The lowest BCUT2D eigenvalue weighted by Crippen LogP contribution is -2.31. The standard InChI is InChI=1S/C4H10O4.C3H6O3/c5-1-3(7)4(8)2-6;1-2(4)3(5)6/h3-8H,1-2H2;2,4H,1H3,(H,5,6). The predicted molar refractivity (Wildman–Crippen MR) is 45.5 cm³/mol. The Morgan fingerprint density at radius 3 is 1.36 bits per heavy atom. The van der Waals surface area contributed by atoms with E-state index >= 15 is 0 Å². The van der Waals surface area contributed by atoms with Crippen LogP contribution in [0.25, 0.3) is 0 Å². The van der Waals surface area contributed by atoms with Gasteiger partial charge in [0.1, 0.15) is 18.3 Å². The molecule has 0 saturated heterocycles. The molecular formula is C7H16O7. The molecule has 0 rings (SSSR count). The van der Waals surface area contributed by atoms with Crippen LogP contribution in [0.3, 0.4) is 0 Å². The van der Waals surface area contributed by atoms with E-state index in [-0.39, 0.29) is 0 Å². The predicted octanol–water partition coefficient (Wildman–Crippen LogP) is -2.86. The van der Waals surface area contributed by atoms with E-state index in [2.05, 4.69) is 0 Å². The van der Waals surface area contributed by atoms with Crippen LogP contribution in [0.1, 0.15) is 6.92 Å². The smallest absolute Gasteiger partial charge is 0.332 e. The van der Waals surface area contributed by atoms with Gasteiger partial charge in [0.05, 0.1) is 13.2 Å². The lowest BCUT2D eigenvalue weighted by molar-refractivity contribution is -0.145. The minimum absolute atomic E-state index is 0.526. The highest BCUT2D eigenvalue weighted by atomic mass is 16.4. The molecule has 0 bridgehead atoms. The average Bonchev–Trinajstić information content (AvgIpc) is 2.16. The zero-order valence-electron chi connectivity index (χ0n) is 7.74. The topological polar surface area (TPSA) is 138 Å². The second kappa shape index (κ2) is 8.85. The highest BCUT2D eigenvalue weighted by Gasteiger charge is 2.12. The molecule has 3 atom stereocenters. The monoisotopic (exact) mass is 212 g/mol. The van der Waals surface area contributed by atoms with Crippen molar-refractivity contribution in [3.8, 4) is 0 Å². The zero-order valence-corrected chi connectivity index (χ0v) is 7.74. The molecule has 3 unspecified atom stereocenters. The highest BCUT2D eigenvalue weighted by Crippen LogP contribution is 1.88. The van der Waals surface area contributed by atoms with Crippen molar-refractivity contribution < 1.29 is 35.4 Å². The number of aliphatic hydroxyl groups excluding tert-OH is 5. The van der Waals surface area contributed by atoms with Crippen molar-refractivity contribution in [2.24, 2.45) is 0 Å². The van der Waals surface area contributed by atoms with Gasteiger partial charge in [0, 0.05) is 0 Å². The number of carbonyl (C=O) groups is 1. The summed E-state index contributed by atoms with van der Waals surface area (Å²) in [4.78, 5) is 9.45. The van der Waals surface area contributed by atoms with Crippen LogP contribution >= 0.6 is 0 Å². The van der Waals surface area contributed by atoms with Crippen molar-refractivity contribution in [3.05, 3.63) is 0 Å². The summed E-state index contributed by atoms with van der Waals surface area (Å²) in [6.07, 6.45) is -3.68. The van der Waals surface area contributed by atoms with Crippen LogP contribution in [0.4, 0.5) is 0 Å². The molecule has 0 aromatic carbocycles. The number of carboxylic acid groups (broad SMARTS) is 1. The number of hydrogen-bond donors (Lipinski definition) is 6. The molecule has 0 spiro atoms. The van der Waals surface area contributed by atoms with Gasteiger partial charge in [-0.3, -0.25) is 0 Å². The van der Waals surface area contributed by atoms with E-state index in [1.165, 1.54) is 6.92 Å². The van der Waals surface area contributed by atoms with Gasteiger partial charge in [0.2, 0.25) is 0 Å². The molecule has 0 amide bonds. The number of aliphatic hydroxyl groups is 5. The van der Waals surface area contributed by atoms with E-state index in [0.717, 1.165) is 0 Å². The molecule has 0 aromatic heterocycles. The molecule has 0 aliphatic rings. The fourth-order valence-electron chi connectivity index (χ4n) is 0.243. The fourth-order valence-corrected chi connectivity index (χ4v) is 0.243. The Labute approximate surface area is 80.9 Å². The Kier molecular flexibility index (Phi) is 9.94. The van der Waals surface area contributed by atoms with Crippen molar-refractivity contribution in [2.45, 2.75) is 25.2 Å². The summed E-state index contributed by atoms with van der Waals surface area (Å²) in [5, 5.41) is 48.9. The van der Waals surface area contributed by atoms with Gasteiger partial charge in [-0.1, -0.05) is 0 Å². The van der Waals surface area contributed by atoms with Gasteiger partial charge in [-0.25, -0.2) is 4.79 Å². The minimum Gasteiger partial charge on any atom is -0.479 e. The first-order valence-electron chi connectivity index (χ1n) is 3.85. The molecule has 0 radical (unpaired) electrons. The molecule has 0 fully saturated rings. The van der Waals surface area contributed by atoms with Crippen molar-refractivity contribution >= 4 is 5.97 Å². The third-order valence-electron chi connectivity index (χ3n) is 1.18. The van der Waals surface area contributed by atoms with Crippen LogP contribution in [0.15, 0.2) is 0 Å². The Morgan fingerprint density at radius 2 is 1.29 bits per heavy atom. The van der Waals surface area contributed by atoms with Crippen LogP contribution in [-0.2, 0) is 4.79 Å². The second-order valence-corrected chi connectivity index (χ2v) is 2.51. The molecule has 0 aliphatic carbocycles. The van der Waals surface area contributed by atoms with Gasteiger partial charge in [0.15, 0.2) is 0 Å². The van der Waals surface area contributed by atoms with Crippen LogP contribution in [0.5, 0.6) is 0 Å². The molecule has 86 valence electrons. The normalized spacial score (nSPS) is 16.1. The maximum Gasteiger partial charge on any atom is 0.332 e. The van der Waals surface area contributed by atoms with Gasteiger partial charge in [-0.2, -0.15) is 0 Å². The number of carboxylic acids is 1. The van der Waals surface area contributed by atoms with Crippen molar-refractivity contribution in [1.82, 2.24) is 0 Å². The summed E-state index contributed by atoms with van der Waals surface area (Å²) in [6.45, 7) is 0.145. The first-order chi connectivity index (χ1) is 6.36. The fraction of sp³-hybridized carbons (Fsp3) is 0.857. The maximum absolute atomic E-state index is 9.45. The van der Waals surface area contributed by atoms with Crippen LogP contribution in [0, 0.1) is 0 Å². The Balaban J connectivity index is 0. The summed E-state index contributed by atoms with van der Waals surface area (Å²) >= 11 is 0. The first kappa shape index (κ1) is 15.7. The number of aliphatic carboxylic acids is 1. The van der Waals surface area contributed by atoms with Crippen molar-refractivity contribution in [2.75, 3.05) is 13.2 Å². The van der Waals surface area contributed by atoms with Gasteiger partial charge >= 0.3 is 5.97 Å². The van der Waals surface area contributed by atoms with E-state index in [4.69, 9.17) is 30.6 Å². The number of hydrogen-bond acceptors (Lipinski definition) is 6. The van der Waals surface area contributed by atoms with E-state index in [9.17, 15) is 4.79 Å².